The number of carbonyl (C=O) groups excluding carboxylic acids is 1. The summed E-state index contributed by atoms with van der Waals surface area (Å²) in [6, 6.07) is 23.2. The van der Waals surface area contributed by atoms with Crippen LogP contribution in [0.4, 0.5) is 16.2 Å². The van der Waals surface area contributed by atoms with Gasteiger partial charge >= 0.3 is 6.03 Å². The van der Waals surface area contributed by atoms with Crippen LogP contribution in [0.3, 0.4) is 0 Å². The highest BCUT2D eigenvalue weighted by Crippen LogP contribution is 2.32. The van der Waals surface area contributed by atoms with Crippen LogP contribution in [0.2, 0.25) is 5.02 Å². The van der Waals surface area contributed by atoms with Crippen molar-refractivity contribution in [2.45, 2.75) is 0 Å². The van der Waals surface area contributed by atoms with Crippen LogP contribution in [0.15, 0.2) is 78.9 Å². The molecule has 3 aromatic carbocycles. The molecule has 2 N–H and O–H groups in total. The molecule has 24 heavy (non-hydrogen) atoms. The van der Waals surface area contributed by atoms with Crippen molar-refractivity contribution >= 4 is 29.0 Å². The lowest BCUT2D eigenvalue weighted by molar-refractivity contribution is 0.262. The number of anilines is 2. The molecule has 5 heteroatoms. The second-order valence-electron chi connectivity index (χ2n) is 5.00. The fraction of sp³-hybridized carbons (Fsp3) is 0. The molecule has 0 aromatic heterocycles. The van der Waals surface area contributed by atoms with E-state index in [9.17, 15) is 4.79 Å². The van der Waals surface area contributed by atoms with E-state index in [1.54, 1.807) is 30.3 Å². The number of amides is 2. The number of ether oxygens (including phenoxy) is 1. The van der Waals surface area contributed by atoms with Gasteiger partial charge in [-0.3, -0.25) is 0 Å². The highest BCUT2D eigenvalue weighted by Gasteiger charge is 2.10. The van der Waals surface area contributed by atoms with E-state index < -0.39 is 0 Å². The maximum atomic E-state index is 12.2. The average molecular weight is 339 g/mol. The van der Waals surface area contributed by atoms with Gasteiger partial charge in [0.05, 0.1) is 5.69 Å². The summed E-state index contributed by atoms with van der Waals surface area (Å²) in [6.07, 6.45) is 0. The Morgan fingerprint density at radius 1 is 0.833 bits per heavy atom. The van der Waals surface area contributed by atoms with Crippen LogP contribution in [0.1, 0.15) is 0 Å². The van der Waals surface area contributed by atoms with E-state index in [0.717, 1.165) is 0 Å². The van der Waals surface area contributed by atoms with E-state index in [-0.39, 0.29) is 6.03 Å². The van der Waals surface area contributed by atoms with Crippen LogP contribution < -0.4 is 15.4 Å². The van der Waals surface area contributed by atoms with Gasteiger partial charge in [0.2, 0.25) is 0 Å². The zero-order valence-corrected chi connectivity index (χ0v) is 13.5. The number of rotatable bonds is 4. The molecule has 0 saturated carbocycles. The molecule has 0 aliphatic carbocycles. The molecule has 0 fully saturated rings. The van der Waals surface area contributed by atoms with Crippen molar-refractivity contribution in [1.29, 1.82) is 0 Å². The average Bonchev–Trinajstić information content (AvgIpc) is 2.59. The molecular formula is C19H15ClN2O2. The van der Waals surface area contributed by atoms with Crippen molar-refractivity contribution in [3.05, 3.63) is 83.9 Å². The third-order valence-corrected chi connectivity index (χ3v) is 3.43. The fourth-order valence-electron chi connectivity index (χ4n) is 2.11. The lowest BCUT2D eigenvalue weighted by Crippen LogP contribution is -2.19. The minimum atomic E-state index is -0.374. The first kappa shape index (κ1) is 15.9. The number of nitrogens with one attached hydrogen (secondary N) is 2. The van der Waals surface area contributed by atoms with Crippen LogP contribution in [-0.4, -0.2) is 6.03 Å². The molecule has 0 spiro atoms. The Bertz CT molecular complexity index is 823. The van der Waals surface area contributed by atoms with Gasteiger partial charge in [-0.25, -0.2) is 4.79 Å². The number of hydrogen-bond donors (Lipinski definition) is 2. The summed E-state index contributed by atoms with van der Waals surface area (Å²) in [6.45, 7) is 0. The molecule has 4 nitrogen and oxygen atoms in total. The normalized spacial score (nSPS) is 10.0. The van der Waals surface area contributed by atoms with Gasteiger partial charge in [-0.1, -0.05) is 48.0 Å². The van der Waals surface area contributed by atoms with E-state index in [2.05, 4.69) is 10.6 Å². The Balaban J connectivity index is 1.76. The fourth-order valence-corrected chi connectivity index (χ4v) is 2.28. The number of para-hydroxylation sites is 2. The smallest absolute Gasteiger partial charge is 0.323 e. The molecule has 0 bridgehead atoms. The van der Waals surface area contributed by atoms with Gasteiger partial charge in [0.1, 0.15) is 5.75 Å². The molecule has 0 atom stereocenters. The zero-order chi connectivity index (χ0) is 16.8. The Hall–Kier alpha value is -2.98. The lowest BCUT2D eigenvalue weighted by atomic mass is 10.3. The molecule has 2 amide bonds. The highest BCUT2D eigenvalue weighted by molar-refractivity contribution is 6.31. The summed E-state index contributed by atoms with van der Waals surface area (Å²) in [5.74, 6) is 1.18. The first-order valence-electron chi connectivity index (χ1n) is 7.36. The summed E-state index contributed by atoms with van der Waals surface area (Å²) in [5.41, 5.74) is 1.18. The summed E-state index contributed by atoms with van der Waals surface area (Å²) >= 11 is 6.04. The maximum absolute atomic E-state index is 12.2. The van der Waals surface area contributed by atoms with Gasteiger partial charge < -0.3 is 15.4 Å². The topological polar surface area (TPSA) is 50.4 Å². The van der Waals surface area contributed by atoms with Crippen molar-refractivity contribution in [2.75, 3.05) is 10.6 Å². The third kappa shape index (κ3) is 4.27. The second-order valence-corrected chi connectivity index (χ2v) is 5.44. The Kier molecular flexibility index (Phi) is 4.99. The lowest BCUT2D eigenvalue weighted by Gasteiger charge is -2.13. The highest BCUT2D eigenvalue weighted by atomic mass is 35.5. The Morgan fingerprint density at radius 3 is 2.21 bits per heavy atom. The summed E-state index contributed by atoms with van der Waals surface area (Å²) in [4.78, 5) is 12.2. The third-order valence-electron chi connectivity index (χ3n) is 3.19. The molecule has 0 heterocycles. The van der Waals surface area contributed by atoms with Gasteiger partial charge in [0.15, 0.2) is 5.75 Å². The maximum Gasteiger partial charge on any atom is 0.323 e. The SMILES string of the molecule is O=C(Nc1ccccc1)Nc1cc(Cl)ccc1Oc1ccccc1. The van der Waals surface area contributed by atoms with Crippen molar-refractivity contribution in [1.82, 2.24) is 0 Å². The van der Waals surface area contributed by atoms with E-state index in [0.29, 0.717) is 27.9 Å². The van der Waals surface area contributed by atoms with E-state index >= 15 is 0 Å². The quantitative estimate of drug-likeness (QED) is 0.633. The number of urea groups is 1. The van der Waals surface area contributed by atoms with E-state index in [1.165, 1.54) is 0 Å². The molecule has 3 aromatic rings. The molecule has 120 valence electrons. The minimum absolute atomic E-state index is 0.374. The van der Waals surface area contributed by atoms with Crippen LogP contribution in [0.25, 0.3) is 0 Å². The molecule has 0 saturated heterocycles. The van der Waals surface area contributed by atoms with Crippen LogP contribution in [-0.2, 0) is 0 Å². The minimum Gasteiger partial charge on any atom is -0.455 e. The second kappa shape index (κ2) is 7.53. The number of benzene rings is 3. The van der Waals surface area contributed by atoms with Gasteiger partial charge in [-0.2, -0.15) is 0 Å². The summed E-state index contributed by atoms with van der Waals surface area (Å²) in [5, 5.41) is 6.02. The van der Waals surface area contributed by atoms with Gasteiger partial charge in [0, 0.05) is 10.7 Å². The number of carbonyl (C=O) groups is 1. The van der Waals surface area contributed by atoms with Gasteiger partial charge in [-0.15, -0.1) is 0 Å². The van der Waals surface area contributed by atoms with E-state index in [4.69, 9.17) is 16.3 Å². The van der Waals surface area contributed by atoms with Gasteiger partial charge in [-0.05, 0) is 42.5 Å². The molecule has 0 aliphatic heterocycles. The first-order valence-corrected chi connectivity index (χ1v) is 7.74. The predicted molar refractivity (Wildman–Crippen MR) is 97.1 cm³/mol. The predicted octanol–water partition coefficient (Wildman–Crippen LogP) is 5.78. The molecule has 0 aliphatic rings. The van der Waals surface area contributed by atoms with Crippen LogP contribution in [0, 0.1) is 0 Å². The molecule has 0 unspecified atom stereocenters. The Morgan fingerprint density at radius 2 is 1.50 bits per heavy atom. The monoisotopic (exact) mass is 338 g/mol. The molecule has 3 rings (SSSR count). The zero-order valence-electron chi connectivity index (χ0n) is 12.7. The van der Waals surface area contributed by atoms with Gasteiger partial charge in [0.25, 0.3) is 0 Å². The van der Waals surface area contributed by atoms with Crippen molar-refractivity contribution in [3.63, 3.8) is 0 Å². The molecule has 0 radical (unpaired) electrons. The van der Waals surface area contributed by atoms with Crippen molar-refractivity contribution in [2.24, 2.45) is 0 Å². The molecular weight excluding hydrogens is 324 g/mol. The van der Waals surface area contributed by atoms with Crippen molar-refractivity contribution < 1.29 is 9.53 Å². The van der Waals surface area contributed by atoms with E-state index in [1.807, 2.05) is 48.5 Å². The summed E-state index contributed by atoms with van der Waals surface area (Å²) in [7, 11) is 0. The van der Waals surface area contributed by atoms with Crippen molar-refractivity contribution in [3.8, 4) is 11.5 Å². The number of halogens is 1. The standard InChI is InChI=1S/C19H15ClN2O2/c20-14-11-12-18(24-16-9-5-2-6-10-16)17(13-14)22-19(23)21-15-7-3-1-4-8-15/h1-13H,(H2,21,22,23). The van der Waals surface area contributed by atoms with Crippen LogP contribution >= 0.6 is 11.6 Å². The Labute approximate surface area is 145 Å². The largest absolute Gasteiger partial charge is 0.455 e. The first-order chi connectivity index (χ1) is 11.7. The van der Waals surface area contributed by atoms with Crippen LogP contribution in [0.5, 0.6) is 11.5 Å². The summed E-state index contributed by atoms with van der Waals surface area (Å²) < 4.78 is 5.81. The number of hydrogen-bond acceptors (Lipinski definition) is 2.